The molecule has 1 aromatic rings. The van der Waals surface area contributed by atoms with E-state index in [-0.39, 0.29) is 6.61 Å². The maximum atomic E-state index is 11.0. The Morgan fingerprint density at radius 3 is 2.94 bits per heavy atom. The number of hydrogen-bond acceptors (Lipinski definition) is 3. The van der Waals surface area contributed by atoms with Crippen molar-refractivity contribution >= 4 is 23.9 Å². The Morgan fingerprint density at radius 1 is 1.56 bits per heavy atom. The van der Waals surface area contributed by atoms with Crippen LogP contribution in [0.2, 0.25) is 5.02 Å². The van der Waals surface area contributed by atoms with Crippen molar-refractivity contribution in [3.05, 3.63) is 34.3 Å². The molecule has 0 bridgehead atoms. The van der Waals surface area contributed by atoms with Gasteiger partial charge in [0.1, 0.15) is 0 Å². The van der Waals surface area contributed by atoms with Crippen LogP contribution in [0, 0.1) is 11.8 Å². The molecule has 0 heterocycles. The molecule has 0 radical (unpaired) electrons. The highest BCUT2D eigenvalue weighted by molar-refractivity contribution is 6.30. The first kappa shape index (κ1) is 12.3. The molecule has 0 fully saturated rings. The highest BCUT2D eigenvalue weighted by Gasteiger charge is 2.00. The number of carbonyl (C=O) groups excluding carboxylic acids is 2. The zero-order valence-corrected chi connectivity index (χ0v) is 9.38. The van der Waals surface area contributed by atoms with Gasteiger partial charge in [-0.1, -0.05) is 17.5 Å². The molecule has 0 aliphatic rings. The lowest BCUT2D eigenvalue weighted by Crippen LogP contribution is -1.99. The highest BCUT2D eigenvalue weighted by Crippen LogP contribution is 2.13. The summed E-state index contributed by atoms with van der Waals surface area (Å²) in [5, 5.41) is 0.448. The molecular weight excluding hydrogens is 228 g/mol. The first-order valence-electron chi connectivity index (χ1n) is 4.61. The number of rotatable bonds is 2. The predicted molar refractivity (Wildman–Crippen MR) is 60.4 cm³/mol. The average molecular weight is 237 g/mol. The van der Waals surface area contributed by atoms with E-state index in [0.717, 1.165) is 0 Å². The summed E-state index contributed by atoms with van der Waals surface area (Å²) in [5.41, 5.74) is 0.803. The molecule has 0 unspecified atom stereocenters. The Morgan fingerprint density at radius 2 is 2.31 bits per heavy atom. The minimum Gasteiger partial charge on any atom is -0.456 e. The van der Waals surface area contributed by atoms with Gasteiger partial charge in [0.2, 0.25) is 0 Å². The van der Waals surface area contributed by atoms with Gasteiger partial charge in [-0.3, -0.25) is 4.79 Å². The Labute approximate surface area is 98.4 Å². The standard InChI is InChI=1S/C12H9ClO3/c1-2-16-12(15)6-4-9-3-5-11(13)7-10(9)8-14/h3,5,7-8H,2H2,1H3. The summed E-state index contributed by atoms with van der Waals surface area (Å²) in [6, 6.07) is 4.67. The minimum atomic E-state index is -0.616. The van der Waals surface area contributed by atoms with Crippen LogP contribution in [0.15, 0.2) is 18.2 Å². The molecule has 0 aliphatic heterocycles. The van der Waals surface area contributed by atoms with Crippen molar-refractivity contribution in [3.63, 3.8) is 0 Å². The van der Waals surface area contributed by atoms with Gasteiger partial charge < -0.3 is 4.74 Å². The Hall–Kier alpha value is -1.79. The van der Waals surface area contributed by atoms with E-state index in [1.807, 2.05) is 0 Å². The maximum absolute atomic E-state index is 11.0. The molecular formula is C12H9ClO3. The van der Waals surface area contributed by atoms with Crippen LogP contribution < -0.4 is 0 Å². The van der Waals surface area contributed by atoms with Gasteiger partial charge in [-0.05, 0) is 25.1 Å². The van der Waals surface area contributed by atoms with Crippen molar-refractivity contribution < 1.29 is 14.3 Å². The predicted octanol–water partition coefficient (Wildman–Crippen LogP) is 2.07. The van der Waals surface area contributed by atoms with Crippen LogP contribution in [-0.2, 0) is 9.53 Å². The van der Waals surface area contributed by atoms with Crippen molar-refractivity contribution in [1.82, 2.24) is 0 Å². The number of esters is 1. The fraction of sp³-hybridized carbons (Fsp3) is 0.167. The van der Waals surface area contributed by atoms with E-state index in [1.54, 1.807) is 19.1 Å². The minimum absolute atomic E-state index is 0.272. The molecule has 16 heavy (non-hydrogen) atoms. The lowest BCUT2D eigenvalue weighted by molar-refractivity contribution is -0.136. The van der Waals surface area contributed by atoms with Crippen LogP contribution in [-0.4, -0.2) is 18.9 Å². The smallest absolute Gasteiger partial charge is 0.384 e. The molecule has 4 heteroatoms. The number of benzene rings is 1. The molecule has 0 saturated carbocycles. The largest absolute Gasteiger partial charge is 0.456 e. The third-order valence-electron chi connectivity index (χ3n) is 1.72. The topological polar surface area (TPSA) is 43.4 Å². The molecule has 0 spiro atoms. The summed E-state index contributed by atoms with van der Waals surface area (Å²) in [6.07, 6.45) is 0.640. The zero-order chi connectivity index (χ0) is 12.0. The van der Waals surface area contributed by atoms with Crippen LogP contribution in [0.1, 0.15) is 22.8 Å². The Balaban J connectivity index is 2.96. The third kappa shape index (κ3) is 3.41. The van der Waals surface area contributed by atoms with Gasteiger partial charge in [0.25, 0.3) is 0 Å². The third-order valence-corrected chi connectivity index (χ3v) is 1.95. The van der Waals surface area contributed by atoms with Crippen molar-refractivity contribution in [1.29, 1.82) is 0 Å². The van der Waals surface area contributed by atoms with Gasteiger partial charge in [-0.2, -0.15) is 0 Å². The summed E-state index contributed by atoms with van der Waals surface area (Å²) in [5.74, 6) is 4.23. The van der Waals surface area contributed by atoms with Gasteiger partial charge in [0.05, 0.1) is 6.61 Å². The Kier molecular flexibility index (Phi) is 4.56. The van der Waals surface area contributed by atoms with E-state index in [4.69, 9.17) is 11.6 Å². The lowest BCUT2D eigenvalue weighted by Gasteiger charge is -1.96. The van der Waals surface area contributed by atoms with Gasteiger partial charge in [-0.15, -0.1) is 0 Å². The number of carbonyl (C=O) groups is 2. The highest BCUT2D eigenvalue weighted by atomic mass is 35.5. The quantitative estimate of drug-likeness (QED) is 0.449. The van der Waals surface area contributed by atoms with Gasteiger partial charge >= 0.3 is 5.97 Å². The number of ether oxygens (including phenoxy) is 1. The second kappa shape index (κ2) is 5.94. The van der Waals surface area contributed by atoms with E-state index in [2.05, 4.69) is 16.6 Å². The van der Waals surface area contributed by atoms with E-state index in [9.17, 15) is 9.59 Å². The average Bonchev–Trinajstić information content (AvgIpc) is 2.27. The second-order valence-electron chi connectivity index (χ2n) is 2.82. The van der Waals surface area contributed by atoms with Crippen LogP contribution in [0.4, 0.5) is 0 Å². The van der Waals surface area contributed by atoms with Crippen molar-refractivity contribution in [3.8, 4) is 11.8 Å². The lowest BCUT2D eigenvalue weighted by atomic mass is 10.1. The SMILES string of the molecule is CCOC(=O)C#Cc1ccc(Cl)cc1C=O. The summed E-state index contributed by atoms with van der Waals surface area (Å²) in [4.78, 5) is 21.7. The number of halogens is 1. The van der Waals surface area contributed by atoms with E-state index >= 15 is 0 Å². The first-order valence-corrected chi connectivity index (χ1v) is 4.98. The van der Waals surface area contributed by atoms with Gasteiger partial charge in [0, 0.05) is 22.1 Å². The van der Waals surface area contributed by atoms with Crippen LogP contribution >= 0.6 is 11.6 Å². The molecule has 3 nitrogen and oxygen atoms in total. The first-order chi connectivity index (χ1) is 7.67. The molecule has 0 atom stereocenters. The van der Waals surface area contributed by atoms with E-state index in [1.165, 1.54) is 6.07 Å². The maximum Gasteiger partial charge on any atom is 0.384 e. The molecule has 0 aromatic heterocycles. The molecule has 1 rings (SSSR count). The van der Waals surface area contributed by atoms with Crippen molar-refractivity contribution in [2.75, 3.05) is 6.61 Å². The van der Waals surface area contributed by atoms with Gasteiger partial charge in [0.15, 0.2) is 6.29 Å². The van der Waals surface area contributed by atoms with Crippen molar-refractivity contribution in [2.24, 2.45) is 0 Å². The van der Waals surface area contributed by atoms with Gasteiger partial charge in [-0.25, -0.2) is 4.79 Å². The fourth-order valence-electron chi connectivity index (χ4n) is 1.03. The van der Waals surface area contributed by atoms with Crippen LogP contribution in [0.3, 0.4) is 0 Å². The molecule has 82 valence electrons. The molecule has 1 aromatic carbocycles. The number of aldehydes is 1. The Bertz CT molecular complexity index is 469. The molecule has 0 N–H and O–H groups in total. The molecule has 0 saturated heterocycles. The normalized spacial score (nSPS) is 8.88. The summed E-state index contributed by atoms with van der Waals surface area (Å²) < 4.78 is 4.63. The fourth-order valence-corrected chi connectivity index (χ4v) is 1.21. The molecule has 0 aliphatic carbocycles. The summed E-state index contributed by atoms with van der Waals surface area (Å²) in [6.45, 7) is 1.97. The van der Waals surface area contributed by atoms with Crippen LogP contribution in [0.25, 0.3) is 0 Å². The monoisotopic (exact) mass is 236 g/mol. The summed E-state index contributed by atoms with van der Waals surface area (Å²) in [7, 11) is 0. The van der Waals surface area contributed by atoms with Crippen LogP contribution in [0.5, 0.6) is 0 Å². The summed E-state index contributed by atoms with van der Waals surface area (Å²) >= 11 is 5.71. The van der Waals surface area contributed by atoms with E-state index in [0.29, 0.717) is 22.4 Å². The van der Waals surface area contributed by atoms with E-state index < -0.39 is 5.97 Å². The van der Waals surface area contributed by atoms with Crippen molar-refractivity contribution in [2.45, 2.75) is 6.92 Å². The molecule has 0 amide bonds. The second-order valence-corrected chi connectivity index (χ2v) is 3.26. The zero-order valence-electron chi connectivity index (χ0n) is 8.62. The number of hydrogen-bond donors (Lipinski definition) is 0.